The van der Waals surface area contributed by atoms with Gasteiger partial charge in [0.15, 0.2) is 5.54 Å². The number of likely N-dealkylation sites (N-methyl/N-ethyl adjacent to an activating group) is 1. The van der Waals surface area contributed by atoms with Gasteiger partial charge in [0.1, 0.15) is 22.1 Å². The van der Waals surface area contributed by atoms with Gasteiger partial charge in [0.25, 0.3) is 15.9 Å². The average molecular weight is 728 g/mol. The molecule has 3 aromatic rings. The van der Waals surface area contributed by atoms with Gasteiger partial charge in [-0.25, -0.2) is 12.7 Å². The van der Waals surface area contributed by atoms with Gasteiger partial charge in [-0.1, -0.05) is 23.7 Å². The van der Waals surface area contributed by atoms with Gasteiger partial charge in [-0.05, 0) is 88.4 Å². The van der Waals surface area contributed by atoms with E-state index in [9.17, 15) is 13.2 Å². The molecule has 2 atom stereocenters. The topological polar surface area (TPSA) is 121 Å². The number of nitrogens with one attached hydrogen (secondary N) is 1. The van der Waals surface area contributed by atoms with Crippen LogP contribution in [0.3, 0.4) is 0 Å². The molecule has 0 radical (unpaired) electrons. The number of ether oxygens (including phenoxy) is 3. The van der Waals surface area contributed by atoms with Crippen LogP contribution in [-0.4, -0.2) is 110 Å². The lowest BCUT2D eigenvalue weighted by Crippen LogP contribution is -2.59. The molecule has 12 nitrogen and oxygen atoms in total. The van der Waals surface area contributed by atoms with E-state index in [1.807, 2.05) is 31.1 Å². The molecule has 2 amide bonds. The number of halogens is 1. The van der Waals surface area contributed by atoms with Crippen molar-refractivity contribution < 1.29 is 32.2 Å². The predicted octanol–water partition coefficient (Wildman–Crippen LogP) is 3.94. The van der Waals surface area contributed by atoms with Crippen molar-refractivity contribution in [1.82, 2.24) is 20.0 Å². The van der Waals surface area contributed by atoms with E-state index in [1.54, 1.807) is 32.3 Å². The van der Waals surface area contributed by atoms with Crippen molar-refractivity contribution in [1.29, 1.82) is 0 Å². The molecule has 0 aromatic heterocycles. The summed E-state index contributed by atoms with van der Waals surface area (Å²) in [6, 6.07) is 13.8. The van der Waals surface area contributed by atoms with Gasteiger partial charge in [0.05, 0.1) is 33.1 Å². The maximum atomic E-state index is 15.5. The summed E-state index contributed by atoms with van der Waals surface area (Å²) in [6.45, 7) is 2.64. The predicted molar refractivity (Wildman–Crippen MR) is 193 cm³/mol. The monoisotopic (exact) mass is 727 g/mol. The van der Waals surface area contributed by atoms with E-state index >= 15 is 4.79 Å². The lowest BCUT2D eigenvalue weighted by molar-refractivity contribution is -0.138. The zero-order chi connectivity index (χ0) is 36.4. The number of hydrogen-bond donors (Lipinski definition) is 1. The molecule has 1 saturated heterocycles. The van der Waals surface area contributed by atoms with Crippen LogP contribution in [0.5, 0.6) is 17.2 Å². The first kappa shape index (κ1) is 37.4. The Morgan fingerprint density at radius 3 is 2.36 bits per heavy atom. The fraction of sp³-hybridized carbons (Fsp3) is 0.444. The zero-order valence-corrected chi connectivity index (χ0v) is 31.2. The minimum atomic E-state index is -4.61. The molecule has 14 heteroatoms. The molecule has 50 heavy (non-hydrogen) atoms. The van der Waals surface area contributed by atoms with Crippen molar-refractivity contribution in [2.45, 2.75) is 42.3 Å². The van der Waals surface area contributed by atoms with Gasteiger partial charge < -0.3 is 29.3 Å². The summed E-state index contributed by atoms with van der Waals surface area (Å²) < 4.78 is 47.1. The second-order valence-corrected chi connectivity index (χ2v) is 15.1. The van der Waals surface area contributed by atoms with E-state index in [4.69, 9.17) is 25.8 Å². The van der Waals surface area contributed by atoms with Crippen LogP contribution >= 0.6 is 11.6 Å². The van der Waals surface area contributed by atoms with Crippen molar-refractivity contribution in [2.24, 2.45) is 0 Å². The van der Waals surface area contributed by atoms with E-state index in [0.717, 1.165) is 29.4 Å². The van der Waals surface area contributed by atoms with Crippen LogP contribution in [-0.2, 0) is 31.7 Å². The molecular weight excluding hydrogens is 682 g/mol. The fourth-order valence-electron chi connectivity index (χ4n) is 6.98. The standard InChI is InChI=1S/C36H46ClN5O7S/c1-39(2)18-9-17-38-23-24-11-14-27(31(20-24)48-6)36(41-19-8-10-30(41)34(43)40(3)4)28-21-25(37)12-15-29(28)42(35(36)44)50(45,46)33-16-13-26(47-5)22-32(33)49-7/h11-16,20-22,30,38H,8-10,17-19,23H2,1-7H3/t30?,36-/m1/s1. The van der Waals surface area contributed by atoms with Crippen molar-refractivity contribution in [3.05, 3.63) is 76.3 Å². The largest absolute Gasteiger partial charge is 0.497 e. The number of hydrogen-bond acceptors (Lipinski definition) is 10. The number of rotatable bonds is 14. The van der Waals surface area contributed by atoms with E-state index < -0.39 is 27.5 Å². The molecule has 1 N–H and O–H groups in total. The summed E-state index contributed by atoms with van der Waals surface area (Å²) in [5.41, 5.74) is -0.0331. The van der Waals surface area contributed by atoms with Gasteiger partial charge in [0, 0.05) is 49.4 Å². The highest BCUT2D eigenvalue weighted by atomic mass is 35.5. The Balaban J connectivity index is 1.74. The number of fused-ring (bicyclic) bond motifs is 1. The second kappa shape index (κ2) is 15.2. The third kappa shape index (κ3) is 6.64. The van der Waals surface area contributed by atoms with Crippen LogP contribution in [0, 0.1) is 0 Å². The van der Waals surface area contributed by atoms with Gasteiger partial charge >= 0.3 is 0 Å². The molecule has 0 saturated carbocycles. The number of nitrogens with zero attached hydrogens (tertiary/aromatic N) is 4. The molecule has 0 aliphatic carbocycles. The van der Waals surface area contributed by atoms with Crippen LogP contribution in [0.25, 0.3) is 0 Å². The number of anilines is 1. The number of carbonyl (C=O) groups is 2. The Labute approximate surface area is 299 Å². The van der Waals surface area contributed by atoms with Gasteiger partial charge in [-0.3, -0.25) is 14.5 Å². The number of sulfonamides is 1. The number of amides is 2. The SMILES string of the molecule is COc1ccc(S(=O)(=O)N2C(=O)[C@](c3ccc(CNCCCN(C)C)cc3OC)(N3CCCC3C(=O)N(C)C)c3cc(Cl)ccc32)c(OC)c1. The highest BCUT2D eigenvalue weighted by Crippen LogP contribution is 2.55. The molecule has 1 fully saturated rings. The smallest absolute Gasteiger partial charge is 0.274 e. The molecular formula is C36H46ClN5O7S. The average Bonchev–Trinajstić information content (AvgIpc) is 3.68. The Hall–Kier alpha value is -3.88. The highest BCUT2D eigenvalue weighted by molar-refractivity contribution is 7.93. The van der Waals surface area contributed by atoms with Gasteiger partial charge in [0.2, 0.25) is 5.91 Å². The van der Waals surface area contributed by atoms with Crippen molar-refractivity contribution in [2.75, 3.05) is 73.5 Å². The normalized spacial score (nSPS) is 19.2. The molecule has 1 unspecified atom stereocenters. The lowest BCUT2D eigenvalue weighted by Gasteiger charge is -2.42. The van der Waals surface area contributed by atoms with E-state index in [1.165, 1.54) is 50.5 Å². The molecule has 3 aromatic carbocycles. The molecule has 2 aliphatic rings. The number of benzene rings is 3. The summed E-state index contributed by atoms with van der Waals surface area (Å²) in [4.78, 5) is 34.5. The van der Waals surface area contributed by atoms with E-state index in [2.05, 4.69) is 10.2 Å². The van der Waals surface area contributed by atoms with E-state index in [-0.39, 0.29) is 22.2 Å². The Morgan fingerprint density at radius 2 is 1.70 bits per heavy atom. The molecule has 2 aliphatic heterocycles. The van der Waals surface area contributed by atoms with E-state index in [0.29, 0.717) is 53.6 Å². The van der Waals surface area contributed by atoms with Crippen molar-refractivity contribution in [3.63, 3.8) is 0 Å². The molecule has 270 valence electrons. The van der Waals surface area contributed by atoms with Crippen LogP contribution in [0.15, 0.2) is 59.5 Å². The maximum absolute atomic E-state index is 15.5. The third-order valence-corrected chi connectivity index (χ3v) is 11.3. The molecule has 5 rings (SSSR count). The van der Waals surface area contributed by atoms with Crippen LogP contribution < -0.4 is 23.8 Å². The summed E-state index contributed by atoms with van der Waals surface area (Å²) in [7, 11) is 7.12. The van der Waals surface area contributed by atoms with Crippen LogP contribution in [0.4, 0.5) is 5.69 Å². The minimum Gasteiger partial charge on any atom is -0.497 e. The number of carbonyl (C=O) groups excluding carboxylic acids is 2. The first-order chi connectivity index (χ1) is 23.8. The van der Waals surface area contributed by atoms with Gasteiger partial charge in [-0.15, -0.1) is 0 Å². The maximum Gasteiger partial charge on any atom is 0.274 e. The third-order valence-electron chi connectivity index (χ3n) is 9.30. The van der Waals surface area contributed by atoms with Gasteiger partial charge in [-0.2, -0.15) is 0 Å². The first-order valence-corrected chi connectivity index (χ1v) is 18.3. The number of likely N-dealkylation sites (tertiary alicyclic amines) is 1. The Kier molecular flexibility index (Phi) is 11.3. The minimum absolute atomic E-state index is 0.00649. The highest BCUT2D eigenvalue weighted by Gasteiger charge is 2.63. The Bertz CT molecular complexity index is 1850. The summed E-state index contributed by atoms with van der Waals surface area (Å²) in [6.07, 6.45) is 2.04. The lowest BCUT2D eigenvalue weighted by atomic mass is 9.80. The second-order valence-electron chi connectivity index (χ2n) is 12.9. The number of methoxy groups -OCH3 is 3. The van der Waals surface area contributed by atoms with Crippen molar-refractivity contribution >= 4 is 39.1 Å². The summed E-state index contributed by atoms with van der Waals surface area (Å²) in [5.74, 6) is -0.213. The van der Waals surface area contributed by atoms with Crippen molar-refractivity contribution in [3.8, 4) is 17.2 Å². The molecule has 0 spiro atoms. The first-order valence-electron chi connectivity index (χ1n) is 16.5. The fourth-order valence-corrected chi connectivity index (χ4v) is 8.76. The quantitative estimate of drug-likeness (QED) is 0.245. The summed E-state index contributed by atoms with van der Waals surface area (Å²) >= 11 is 6.65. The zero-order valence-electron chi connectivity index (χ0n) is 29.7. The molecule has 2 heterocycles. The van der Waals surface area contributed by atoms with Crippen LogP contribution in [0.2, 0.25) is 5.02 Å². The Morgan fingerprint density at radius 1 is 0.960 bits per heavy atom. The summed E-state index contributed by atoms with van der Waals surface area (Å²) in [5, 5.41) is 3.76. The van der Waals surface area contributed by atoms with Crippen LogP contribution in [0.1, 0.15) is 36.0 Å². The molecule has 0 bridgehead atoms.